The molecule has 0 bridgehead atoms. The van der Waals surface area contributed by atoms with E-state index in [-0.39, 0.29) is 17.6 Å². The third-order valence-electron chi connectivity index (χ3n) is 2.79. The van der Waals surface area contributed by atoms with E-state index in [1.54, 1.807) is 0 Å². The monoisotopic (exact) mass is 253 g/mol. The molecule has 18 heavy (non-hydrogen) atoms. The Labute approximate surface area is 102 Å². The molecule has 96 valence electrons. The van der Waals surface area contributed by atoms with Gasteiger partial charge in [-0.25, -0.2) is 0 Å². The zero-order chi connectivity index (χ0) is 13.1. The van der Waals surface area contributed by atoms with Gasteiger partial charge in [0.15, 0.2) is 0 Å². The Morgan fingerprint density at radius 1 is 1.50 bits per heavy atom. The molecule has 0 radical (unpaired) electrons. The highest BCUT2D eigenvalue weighted by Gasteiger charge is 2.24. The van der Waals surface area contributed by atoms with Crippen molar-refractivity contribution in [1.29, 1.82) is 0 Å². The second kappa shape index (κ2) is 4.99. The number of anilines is 1. The molecule has 1 saturated heterocycles. The van der Waals surface area contributed by atoms with Gasteiger partial charge in [-0.1, -0.05) is 6.07 Å². The number of nitro groups is 1. The Morgan fingerprint density at radius 2 is 2.28 bits per heavy atom. The molecule has 1 unspecified atom stereocenters. The molecule has 1 aliphatic rings. The minimum absolute atomic E-state index is 0.0400. The predicted octanol–water partition coefficient (Wildman–Crippen LogP) is 1.42. The first kappa shape index (κ1) is 12.3. The van der Waals surface area contributed by atoms with Crippen molar-refractivity contribution < 1.29 is 14.1 Å². The molecule has 1 heterocycles. The predicted molar refractivity (Wildman–Crippen MR) is 62.7 cm³/mol. The van der Waals surface area contributed by atoms with Gasteiger partial charge in [0, 0.05) is 19.0 Å². The summed E-state index contributed by atoms with van der Waals surface area (Å²) in [6.07, 6.45) is 0.931. The summed E-state index contributed by atoms with van der Waals surface area (Å²) in [5, 5.41) is 16.3. The average molecular weight is 253 g/mol. The quantitative estimate of drug-likeness (QED) is 0.630. The van der Waals surface area contributed by atoms with E-state index in [1.807, 2.05) is 0 Å². The van der Waals surface area contributed by atoms with Gasteiger partial charge in [-0.15, -0.1) is 0 Å². The average Bonchev–Trinajstić information content (AvgIpc) is 2.32. The SMILES string of the molecule is O=C1CCC(Nc2cccc(F)c2[N+](=O)[O-])CN1. The Morgan fingerprint density at radius 3 is 2.89 bits per heavy atom. The highest BCUT2D eigenvalue weighted by molar-refractivity contribution is 5.77. The van der Waals surface area contributed by atoms with Crippen LogP contribution in [0.2, 0.25) is 0 Å². The minimum Gasteiger partial charge on any atom is -0.375 e. The van der Waals surface area contributed by atoms with Crippen LogP contribution < -0.4 is 10.6 Å². The number of nitro benzene ring substituents is 1. The largest absolute Gasteiger partial charge is 0.375 e. The van der Waals surface area contributed by atoms with E-state index in [4.69, 9.17) is 0 Å². The first-order valence-corrected chi connectivity index (χ1v) is 5.54. The number of halogens is 1. The molecule has 6 nitrogen and oxygen atoms in total. The van der Waals surface area contributed by atoms with Crippen LogP contribution in [0.5, 0.6) is 0 Å². The van der Waals surface area contributed by atoms with E-state index in [0.717, 1.165) is 6.07 Å². The van der Waals surface area contributed by atoms with Crippen LogP contribution in [-0.2, 0) is 4.79 Å². The Hall–Kier alpha value is -2.18. The molecule has 0 aromatic heterocycles. The Bertz CT molecular complexity index is 482. The lowest BCUT2D eigenvalue weighted by Gasteiger charge is -2.24. The highest BCUT2D eigenvalue weighted by Crippen LogP contribution is 2.28. The fraction of sp³-hybridized carbons (Fsp3) is 0.364. The van der Waals surface area contributed by atoms with Crippen LogP contribution in [0.25, 0.3) is 0 Å². The van der Waals surface area contributed by atoms with Gasteiger partial charge in [-0.2, -0.15) is 4.39 Å². The van der Waals surface area contributed by atoms with Gasteiger partial charge in [0.05, 0.1) is 4.92 Å². The first-order chi connectivity index (χ1) is 8.58. The number of carbonyl (C=O) groups is 1. The summed E-state index contributed by atoms with van der Waals surface area (Å²) in [6.45, 7) is 0.381. The number of amides is 1. The maximum atomic E-state index is 13.4. The second-order valence-electron chi connectivity index (χ2n) is 4.08. The number of rotatable bonds is 3. The standard InChI is InChI=1S/C11H12FN3O3/c12-8-2-1-3-9(11(8)15(17)18)14-7-4-5-10(16)13-6-7/h1-3,7,14H,4-6H2,(H,13,16). The Balaban J connectivity index is 2.16. The molecular formula is C11H12FN3O3. The molecule has 2 N–H and O–H groups in total. The number of hydrogen-bond acceptors (Lipinski definition) is 4. The van der Waals surface area contributed by atoms with Gasteiger partial charge in [0.25, 0.3) is 0 Å². The van der Waals surface area contributed by atoms with Crippen LogP contribution in [0.1, 0.15) is 12.8 Å². The summed E-state index contributed by atoms with van der Waals surface area (Å²) in [6, 6.07) is 3.79. The maximum Gasteiger partial charge on any atom is 0.327 e. The molecular weight excluding hydrogens is 241 g/mol. The summed E-state index contributed by atoms with van der Waals surface area (Å²) in [4.78, 5) is 21.0. The van der Waals surface area contributed by atoms with E-state index >= 15 is 0 Å². The van der Waals surface area contributed by atoms with Crippen LogP contribution in [0.4, 0.5) is 15.8 Å². The van der Waals surface area contributed by atoms with Crippen molar-refractivity contribution in [2.45, 2.75) is 18.9 Å². The third-order valence-corrected chi connectivity index (χ3v) is 2.79. The number of benzene rings is 1. The first-order valence-electron chi connectivity index (χ1n) is 5.54. The molecule has 1 amide bonds. The molecule has 0 aliphatic carbocycles. The fourth-order valence-electron chi connectivity index (χ4n) is 1.89. The van der Waals surface area contributed by atoms with Crippen molar-refractivity contribution in [1.82, 2.24) is 5.32 Å². The van der Waals surface area contributed by atoms with E-state index in [9.17, 15) is 19.3 Å². The van der Waals surface area contributed by atoms with Gasteiger partial charge in [0.1, 0.15) is 5.69 Å². The summed E-state index contributed by atoms with van der Waals surface area (Å²) in [5.41, 5.74) is -0.421. The lowest BCUT2D eigenvalue weighted by molar-refractivity contribution is -0.386. The van der Waals surface area contributed by atoms with Gasteiger partial charge in [-0.05, 0) is 18.6 Å². The van der Waals surface area contributed by atoms with Gasteiger partial charge in [-0.3, -0.25) is 14.9 Å². The maximum absolute atomic E-state index is 13.4. The van der Waals surface area contributed by atoms with E-state index in [0.29, 0.717) is 19.4 Å². The van der Waals surface area contributed by atoms with E-state index < -0.39 is 16.4 Å². The summed E-state index contributed by atoms with van der Waals surface area (Å²) < 4.78 is 13.4. The molecule has 1 fully saturated rings. The van der Waals surface area contributed by atoms with Gasteiger partial charge >= 0.3 is 5.69 Å². The molecule has 1 atom stereocenters. The Kier molecular flexibility index (Phi) is 3.40. The van der Waals surface area contributed by atoms with Crippen molar-refractivity contribution in [2.75, 3.05) is 11.9 Å². The number of para-hydroxylation sites is 1. The lowest BCUT2D eigenvalue weighted by atomic mass is 10.1. The molecule has 2 rings (SSSR count). The van der Waals surface area contributed by atoms with Crippen LogP contribution in [0, 0.1) is 15.9 Å². The highest BCUT2D eigenvalue weighted by atomic mass is 19.1. The number of piperidine rings is 1. The van der Waals surface area contributed by atoms with Crippen LogP contribution in [0.3, 0.4) is 0 Å². The fourth-order valence-corrected chi connectivity index (χ4v) is 1.89. The summed E-state index contributed by atoms with van der Waals surface area (Å²) in [7, 11) is 0. The van der Waals surface area contributed by atoms with Gasteiger partial charge in [0.2, 0.25) is 11.7 Å². The molecule has 1 aliphatic heterocycles. The third kappa shape index (κ3) is 2.55. The van der Waals surface area contributed by atoms with Crippen LogP contribution >= 0.6 is 0 Å². The van der Waals surface area contributed by atoms with Crippen molar-refractivity contribution in [3.63, 3.8) is 0 Å². The van der Waals surface area contributed by atoms with Gasteiger partial charge < -0.3 is 10.6 Å². The lowest BCUT2D eigenvalue weighted by Crippen LogP contribution is -2.41. The number of hydrogen-bond donors (Lipinski definition) is 2. The molecule has 1 aromatic rings. The smallest absolute Gasteiger partial charge is 0.327 e. The van der Waals surface area contributed by atoms with Crippen molar-refractivity contribution in [3.8, 4) is 0 Å². The topological polar surface area (TPSA) is 84.3 Å². The van der Waals surface area contributed by atoms with E-state index in [1.165, 1.54) is 12.1 Å². The summed E-state index contributed by atoms with van der Waals surface area (Å²) >= 11 is 0. The van der Waals surface area contributed by atoms with Crippen molar-refractivity contribution in [2.24, 2.45) is 0 Å². The van der Waals surface area contributed by atoms with Crippen LogP contribution in [-0.4, -0.2) is 23.4 Å². The minimum atomic E-state index is -0.871. The number of carbonyl (C=O) groups excluding carboxylic acids is 1. The molecule has 7 heteroatoms. The number of nitrogens with zero attached hydrogens (tertiary/aromatic N) is 1. The zero-order valence-corrected chi connectivity index (χ0v) is 9.48. The van der Waals surface area contributed by atoms with E-state index in [2.05, 4.69) is 10.6 Å². The number of nitrogens with one attached hydrogen (secondary N) is 2. The molecule has 0 spiro atoms. The van der Waals surface area contributed by atoms with Crippen molar-refractivity contribution >= 4 is 17.3 Å². The van der Waals surface area contributed by atoms with Crippen molar-refractivity contribution in [3.05, 3.63) is 34.1 Å². The summed E-state index contributed by atoms with van der Waals surface area (Å²) in [5.74, 6) is -0.911. The molecule has 1 aromatic carbocycles. The van der Waals surface area contributed by atoms with Crippen LogP contribution in [0.15, 0.2) is 18.2 Å². The zero-order valence-electron chi connectivity index (χ0n) is 9.48. The molecule has 0 saturated carbocycles. The second-order valence-corrected chi connectivity index (χ2v) is 4.08. The normalized spacial score (nSPS) is 19.2.